The Morgan fingerprint density at radius 3 is 2.15 bits per heavy atom. The number of nitrogens with one attached hydrogen (secondary N) is 1. The Labute approximate surface area is 152 Å². The van der Waals surface area contributed by atoms with E-state index in [4.69, 9.17) is 19.3 Å². The van der Waals surface area contributed by atoms with Gasteiger partial charge in [-0.1, -0.05) is 0 Å². The molecule has 0 saturated carbocycles. The lowest BCUT2D eigenvalue weighted by molar-refractivity contribution is -0.336. The first-order valence-electron chi connectivity index (χ1n) is 8.06. The average Bonchev–Trinajstić information content (AvgIpc) is 2.60. The zero-order chi connectivity index (χ0) is 20.5. The molecule has 0 aliphatic carbocycles. The fourth-order valence-electron chi connectivity index (χ4n) is 2.95. The Bertz CT molecular complexity index is 546. The lowest BCUT2D eigenvalue weighted by Gasteiger charge is -2.46. The van der Waals surface area contributed by atoms with Gasteiger partial charge in [0.1, 0.15) is 42.7 Å². The molecule has 0 radical (unpaired) electrons. The van der Waals surface area contributed by atoms with Crippen molar-refractivity contribution in [2.45, 2.75) is 68.3 Å². The van der Waals surface area contributed by atoms with Gasteiger partial charge in [0.15, 0.2) is 18.7 Å². The van der Waals surface area contributed by atoms with E-state index in [0.29, 0.717) is 0 Å². The number of hydrogen-bond acceptors (Lipinski definition) is 11. The van der Waals surface area contributed by atoms with Gasteiger partial charge in [0.25, 0.3) is 0 Å². The summed E-state index contributed by atoms with van der Waals surface area (Å²) >= 11 is 0. The lowest BCUT2D eigenvalue weighted by atomic mass is 9.95. The number of amides is 1. The molecule has 13 nitrogen and oxygen atoms in total. The summed E-state index contributed by atoms with van der Waals surface area (Å²) in [5.41, 5.74) is 0. The maximum atomic E-state index is 11.4. The predicted molar refractivity (Wildman–Crippen MR) is 80.8 cm³/mol. The highest BCUT2D eigenvalue weighted by Crippen LogP contribution is 2.28. The minimum Gasteiger partial charge on any atom is -0.479 e. The van der Waals surface area contributed by atoms with Crippen molar-refractivity contribution in [1.29, 1.82) is 0 Å². The van der Waals surface area contributed by atoms with Crippen molar-refractivity contribution >= 4 is 11.9 Å². The van der Waals surface area contributed by atoms with E-state index in [2.05, 4.69) is 5.32 Å². The summed E-state index contributed by atoms with van der Waals surface area (Å²) in [4.78, 5) is 22.5. The van der Waals surface area contributed by atoms with Crippen LogP contribution in [0, 0.1) is 0 Å². The van der Waals surface area contributed by atoms with Crippen LogP contribution in [0.3, 0.4) is 0 Å². The van der Waals surface area contributed by atoms with Crippen LogP contribution in [0.1, 0.15) is 6.92 Å². The maximum Gasteiger partial charge on any atom is 0.335 e. The van der Waals surface area contributed by atoms with Gasteiger partial charge in [0.05, 0.1) is 6.61 Å². The summed E-state index contributed by atoms with van der Waals surface area (Å²) in [5.74, 6) is -2.27. The third-order valence-electron chi connectivity index (χ3n) is 4.35. The van der Waals surface area contributed by atoms with Gasteiger partial charge >= 0.3 is 5.97 Å². The number of carbonyl (C=O) groups excluding carboxylic acids is 1. The number of carboxylic acid groups (broad SMARTS) is 1. The Morgan fingerprint density at radius 1 is 1.00 bits per heavy atom. The topological polar surface area (TPSA) is 215 Å². The van der Waals surface area contributed by atoms with Crippen LogP contribution in [-0.4, -0.2) is 116 Å². The Balaban J connectivity index is 2.25. The number of aliphatic hydroxyl groups is 6. The molecule has 0 aromatic heterocycles. The number of ether oxygens (including phenoxy) is 3. The molecule has 2 aliphatic heterocycles. The van der Waals surface area contributed by atoms with Crippen molar-refractivity contribution in [2.24, 2.45) is 0 Å². The number of hydrogen-bond donors (Lipinski definition) is 8. The largest absolute Gasteiger partial charge is 0.479 e. The molecule has 0 unspecified atom stereocenters. The molecule has 10 atom stereocenters. The zero-order valence-electron chi connectivity index (χ0n) is 14.2. The van der Waals surface area contributed by atoms with Gasteiger partial charge in [-0.3, -0.25) is 4.79 Å². The Hall–Kier alpha value is -1.42. The van der Waals surface area contributed by atoms with Crippen LogP contribution in [0.15, 0.2) is 0 Å². The zero-order valence-corrected chi connectivity index (χ0v) is 14.2. The van der Waals surface area contributed by atoms with Crippen molar-refractivity contribution in [3.05, 3.63) is 0 Å². The molecular weight excluding hydrogens is 374 g/mol. The fraction of sp³-hybridized carbons (Fsp3) is 0.857. The Morgan fingerprint density at radius 2 is 1.63 bits per heavy atom. The van der Waals surface area contributed by atoms with E-state index < -0.39 is 79.8 Å². The van der Waals surface area contributed by atoms with Gasteiger partial charge in [-0.15, -0.1) is 0 Å². The number of aliphatic carboxylic acids is 1. The van der Waals surface area contributed by atoms with Crippen LogP contribution in [-0.2, 0) is 23.8 Å². The molecule has 2 aliphatic rings. The first kappa shape index (κ1) is 21.9. The van der Waals surface area contributed by atoms with Crippen molar-refractivity contribution in [3.63, 3.8) is 0 Å². The van der Waals surface area contributed by atoms with Crippen molar-refractivity contribution in [1.82, 2.24) is 5.32 Å². The molecule has 2 saturated heterocycles. The van der Waals surface area contributed by atoms with Gasteiger partial charge in [0.2, 0.25) is 5.91 Å². The highest BCUT2D eigenvalue weighted by atomic mass is 16.7. The normalized spacial score (nSPS) is 45.3. The van der Waals surface area contributed by atoms with Crippen LogP contribution in [0.4, 0.5) is 0 Å². The quantitative estimate of drug-likeness (QED) is 0.218. The number of rotatable bonds is 5. The van der Waals surface area contributed by atoms with Crippen LogP contribution in [0.2, 0.25) is 0 Å². The smallest absolute Gasteiger partial charge is 0.335 e. The highest BCUT2D eigenvalue weighted by molar-refractivity contribution is 5.73. The van der Waals surface area contributed by atoms with Crippen LogP contribution in [0.5, 0.6) is 0 Å². The second kappa shape index (κ2) is 8.72. The number of carboxylic acids is 1. The molecule has 0 bridgehead atoms. The van der Waals surface area contributed by atoms with E-state index in [1.807, 2.05) is 0 Å². The van der Waals surface area contributed by atoms with Crippen LogP contribution >= 0.6 is 0 Å². The second-order valence-electron chi connectivity index (χ2n) is 6.30. The van der Waals surface area contributed by atoms with Crippen LogP contribution in [0.25, 0.3) is 0 Å². The van der Waals surface area contributed by atoms with Gasteiger partial charge in [0, 0.05) is 6.92 Å². The molecule has 0 aromatic rings. The molecule has 27 heavy (non-hydrogen) atoms. The molecule has 13 heteroatoms. The monoisotopic (exact) mass is 397 g/mol. The van der Waals surface area contributed by atoms with E-state index in [1.165, 1.54) is 0 Å². The number of carbonyl (C=O) groups is 2. The van der Waals surface area contributed by atoms with Gasteiger partial charge in [-0.05, 0) is 0 Å². The summed E-state index contributed by atoms with van der Waals surface area (Å²) in [6.45, 7) is 0.388. The predicted octanol–water partition coefficient (Wildman–Crippen LogP) is -5.16. The van der Waals surface area contributed by atoms with E-state index in [1.54, 1.807) is 0 Å². The van der Waals surface area contributed by atoms with Gasteiger partial charge in [-0.25, -0.2) is 4.79 Å². The second-order valence-corrected chi connectivity index (χ2v) is 6.30. The van der Waals surface area contributed by atoms with Crippen molar-refractivity contribution in [3.8, 4) is 0 Å². The third kappa shape index (κ3) is 4.53. The van der Waals surface area contributed by atoms with Crippen molar-refractivity contribution < 1.29 is 59.5 Å². The summed E-state index contributed by atoms with van der Waals surface area (Å²) < 4.78 is 15.3. The third-order valence-corrected chi connectivity index (χ3v) is 4.35. The molecule has 2 rings (SSSR count). The molecule has 8 N–H and O–H groups in total. The standard InChI is InChI=1S/C14H23NO12/c1-3(17)15-5-10(6(18)4(2-16)25-13(5)24)26-14-9(21)7(19)8(20)11(27-14)12(22)23/h4-11,13-14,16,18-21,24H,2H2,1H3,(H,15,17)(H,22,23)/t4-,5-,6-,7+,8-,9-,10-,11+,13-,14+/m1/s1. The summed E-state index contributed by atoms with van der Waals surface area (Å²) in [6.07, 6.45) is -15.8. The SMILES string of the molecule is CC(=O)N[C@@H]1[C@@H](O[C@H]2O[C@H](C(=O)O)[C@H](O)[C@H](O)[C@H]2O)[C@H](O)[C@@H](CO)O[C@H]1O. The lowest BCUT2D eigenvalue weighted by Crippen LogP contribution is -2.67. The first-order chi connectivity index (χ1) is 12.6. The van der Waals surface area contributed by atoms with Crippen LogP contribution < -0.4 is 5.32 Å². The van der Waals surface area contributed by atoms with E-state index in [9.17, 15) is 40.2 Å². The summed E-state index contributed by atoms with van der Waals surface area (Å²) in [7, 11) is 0. The molecular formula is C14H23NO12. The van der Waals surface area contributed by atoms with E-state index in [0.717, 1.165) is 6.92 Å². The first-order valence-corrected chi connectivity index (χ1v) is 8.06. The molecule has 2 heterocycles. The maximum absolute atomic E-state index is 11.4. The minimum absolute atomic E-state index is 0.630. The highest BCUT2D eigenvalue weighted by Gasteiger charge is 2.52. The van der Waals surface area contributed by atoms with Crippen molar-refractivity contribution in [2.75, 3.05) is 6.61 Å². The average molecular weight is 397 g/mol. The number of aliphatic hydroxyl groups excluding tert-OH is 6. The molecule has 1 amide bonds. The summed E-state index contributed by atoms with van der Waals surface area (Å²) in [6, 6.07) is -1.37. The van der Waals surface area contributed by atoms with E-state index >= 15 is 0 Å². The van der Waals surface area contributed by atoms with Gasteiger partial charge in [-0.2, -0.15) is 0 Å². The molecule has 0 spiro atoms. The minimum atomic E-state index is -1.95. The van der Waals surface area contributed by atoms with E-state index in [-0.39, 0.29) is 0 Å². The summed E-state index contributed by atoms with van der Waals surface area (Å²) in [5, 5.41) is 70.4. The van der Waals surface area contributed by atoms with Gasteiger partial charge < -0.3 is 55.3 Å². The fourth-order valence-corrected chi connectivity index (χ4v) is 2.95. The molecule has 156 valence electrons. The Kier molecular flexibility index (Phi) is 7.07. The molecule has 2 fully saturated rings. The molecule has 0 aromatic carbocycles.